The molecule has 0 bridgehead atoms. The standard InChI is InChI=1S/C18H20N2O5S/c1-18(2,13-7-4-3-5-8-13)17(22)25-12-16(21)20-14-9-6-10-15(11-14)26(19,23)24/h3-11H,12H2,1-2H3,(H,20,21)(H2,19,23,24). The van der Waals surface area contributed by atoms with Crippen molar-refractivity contribution in [2.45, 2.75) is 24.2 Å². The molecule has 26 heavy (non-hydrogen) atoms. The third kappa shape index (κ3) is 4.90. The highest BCUT2D eigenvalue weighted by Crippen LogP contribution is 2.24. The first kappa shape index (κ1) is 19.6. The van der Waals surface area contributed by atoms with E-state index in [4.69, 9.17) is 9.88 Å². The average Bonchev–Trinajstić information content (AvgIpc) is 2.60. The van der Waals surface area contributed by atoms with Crippen LogP contribution in [0.15, 0.2) is 59.5 Å². The molecule has 8 heteroatoms. The zero-order chi connectivity index (χ0) is 19.4. The van der Waals surface area contributed by atoms with E-state index in [1.165, 1.54) is 24.3 Å². The third-order valence-electron chi connectivity index (χ3n) is 3.79. The fourth-order valence-electron chi connectivity index (χ4n) is 2.23. The predicted molar refractivity (Wildman–Crippen MR) is 96.9 cm³/mol. The highest BCUT2D eigenvalue weighted by atomic mass is 32.2. The summed E-state index contributed by atoms with van der Waals surface area (Å²) in [5, 5.41) is 7.51. The topological polar surface area (TPSA) is 116 Å². The van der Waals surface area contributed by atoms with Gasteiger partial charge in [0.2, 0.25) is 10.0 Å². The van der Waals surface area contributed by atoms with E-state index in [0.717, 1.165) is 5.56 Å². The number of esters is 1. The number of anilines is 1. The SMILES string of the molecule is CC(C)(C(=O)OCC(=O)Nc1cccc(S(N)(=O)=O)c1)c1ccccc1. The van der Waals surface area contributed by atoms with Crippen molar-refractivity contribution < 1.29 is 22.7 Å². The summed E-state index contributed by atoms with van der Waals surface area (Å²) in [6, 6.07) is 14.6. The van der Waals surface area contributed by atoms with E-state index in [1.54, 1.807) is 26.0 Å². The minimum Gasteiger partial charge on any atom is -0.455 e. The summed E-state index contributed by atoms with van der Waals surface area (Å²) in [6.07, 6.45) is 0. The van der Waals surface area contributed by atoms with Gasteiger partial charge in [-0.1, -0.05) is 36.4 Å². The van der Waals surface area contributed by atoms with Gasteiger partial charge in [0.15, 0.2) is 6.61 Å². The molecule has 0 radical (unpaired) electrons. The van der Waals surface area contributed by atoms with E-state index < -0.39 is 33.9 Å². The zero-order valence-corrected chi connectivity index (χ0v) is 15.2. The molecule has 1 amide bonds. The minimum atomic E-state index is -3.87. The van der Waals surface area contributed by atoms with E-state index >= 15 is 0 Å². The maximum atomic E-state index is 12.3. The highest BCUT2D eigenvalue weighted by molar-refractivity contribution is 7.89. The van der Waals surface area contributed by atoms with Gasteiger partial charge >= 0.3 is 5.97 Å². The Bertz CT molecular complexity index is 908. The normalized spacial score (nSPS) is 11.7. The number of hydrogen-bond donors (Lipinski definition) is 2. The van der Waals surface area contributed by atoms with E-state index in [1.807, 2.05) is 18.2 Å². The summed E-state index contributed by atoms with van der Waals surface area (Å²) in [5.41, 5.74) is 0.0980. The second-order valence-corrected chi connectivity index (χ2v) is 7.75. The smallest absolute Gasteiger partial charge is 0.316 e. The van der Waals surface area contributed by atoms with Crippen molar-refractivity contribution in [2.24, 2.45) is 5.14 Å². The molecule has 3 N–H and O–H groups in total. The summed E-state index contributed by atoms with van der Waals surface area (Å²) in [5.74, 6) is -1.13. The number of benzene rings is 2. The van der Waals surface area contributed by atoms with Gasteiger partial charge in [-0.05, 0) is 37.6 Å². The van der Waals surface area contributed by atoms with Gasteiger partial charge in [0, 0.05) is 5.69 Å². The fraction of sp³-hybridized carbons (Fsp3) is 0.222. The number of rotatable bonds is 6. The molecular formula is C18H20N2O5S. The van der Waals surface area contributed by atoms with Crippen LogP contribution in [0, 0.1) is 0 Å². The lowest BCUT2D eigenvalue weighted by molar-refractivity contribution is -0.152. The van der Waals surface area contributed by atoms with Crippen LogP contribution in [-0.2, 0) is 29.8 Å². The number of sulfonamides is 1. The van der Waals surface area contributed by atoms with Crippen LogP contribution in [0.4, 0.5) is 5.69 Å². The Morgan fingerprint density at radius 2 is 1.73 bits per heavy atom. The Labute approximate surface area is 152 Å². The van der Waals surface area contributed by atoms with Gasteiger partial charge in [0.05, 0.1) is 10.3 Å². The number of ether oxygens (including phenoxy) is 1. The molecule has 0 saturated carbocycles. The van der Waals surface area contributed by atoms with Crippen LogP contribution in [-0.4, -0.2) is 26.9 Å². The summed E-state index contributed by atoms with van der Waals surface area (Å²) < 4.78 is 27.8. The Kier molecular flexibility index (Phi) is 5.79. The van der Waals surface area contributed by atoms with Gasteiger partial charge in [-0.15, -0.1) is 0 Å². The first-order valence-corrected chi connectivity index (χ1v) is 9.31. The van der Waals surface area contributed by atoms with Crippen LogP contribution in [0.3, 0.4) is 0 Å². The second kappa shape index (κ2) is 7.67. The fourth-order valence-corrected chi connectivity index (χ4v) is 2.79. The molecule has 0 atom stereocenters. The molecule has 2 aromatic rings. The van der Waals surface area contributed by atoms with E-state index in [-0.39, 0.29) is 10.6 Å². The largest absolute Gasteiger partial charge is 0.455 e. The van der Waals surface area contributed by atoms with Crippen molar-refractivity contribution in [1.82, 2.24) is 0 Å². The van der Waals surface area contributed by atoms with Crippen molar-refractivity contribution in [3.05, 3.63) is 60.2 Å². The molecule has 0 spiro atoms. The molecule has 0 aliphatic heterocycles. The first-order chi connectivity index (χ1) is 12.1. The van der Waals surface area contributed by atoms with Gasteiger partial charge < -0.3 is 10.1 Å². The number of nitrogens with one attached hydrogen (secondary N) is 1. The van der Waals surface area contributed by atoms with Crippen molar-refractivity contribution in [3.63, 3.8) is 0 Å². The number of primary sulfonamides is 1. The molecule has 2 rings (SSSR count). The Morgan fingerprint density at radius 3 is 2.35 bits per heavy atom. The molecule has 0 unspecified atom stereocenters. The van der Waals surface area contributed by atoms with Crippen LogP contribution in [0.5, 0.6) is 0 Å². The number of nitrogens with two attached hydrogens (primary N) is 1. The highest BCUT2D eigenvalue weighted by Gasteiger charge is 2.31. The first-order valence-electron chi connectivity index (χ1n) is 7.76. The average molecular weight is 376 g/mol. The Morgan fingerprint density at radius 1 is 1.08 bits per heavy atom. The van der Waals surface area contributed by atoms with Crippen LogP contribution in [0.25, 0.3) is 0 Å². The zero-order valence-electron chi connectivity index (χ0n) is 14.4. The quantitative estimate of drug-likeness (QED) is 0.746. The van der Waals surface area contributed by atoms with Gasteiger partial charge in [-0.2, -0.15) is 0 Å². The Hall–Kier alpha value is -2.71. The summed E-state index contributed by atoms with van der Waals surface area (Å²) in [7, 11) is -3.87. The monoisotopic (exact) mass is 376 g/mol. The van der Waals surface area contributed by atoms with Crippen molar-refractivity contribution in [2.75, 3.05) is 11.9 Å². The number of carbonyl (C=O) groups is 2. The lowest BCUT2D eigenvalue weighted by Crippen LogP contribution is -2.33. The van der Waals surface area contributed by atoms with Crippen molar-refractivity contribution in [1.29, 1.82) is 0 Å². The number of amides is 1. The number of carbonyl (C=O) groups excluding carboxylic acids is 2. The molecule has 7 nitrogen and oxygen atoms in total. The molecule has 0 aromatic heterocycles. The summed E-state index contributed by atoms with van der Waals surface area (Å²) in [4.78, 5) is 24.2. The van der Waals surface area contributed by atoms with E-state index in [2.05, 4.69) is 5.32 Å². The predicted octanol–water partition coefficient (Wildman–Crippen LogP) is 1.79. The van der Waals surface area contributed by atoms with Crippen LogP contribution < -0.4 is 10.5 Å². The van der Waals surface area contributed by atoms with Crippen molar-refractivity contribution in [3.8, 4) is 0 Å². The molecule has 0 aliphatic rings. The summed E-state index contributed by atoms with van der Waals surface area (Å²) >= 11 is 0. The van der Waals surface area contributed by atoms with Crippen LogP contribution in [0.1, 0.15) is 19.4 Å². The number of hydrogen-bond acceptors (Lipinski definition) is 5. The minimum absolute atomic E-state index is 0.127. The lowest BCUT2D eigenvalue weighted by Gasteiger charge is -2.22. The van der Waals surface area contributed by atoms with Crippen LogP contribution >= 0.6 is 0 Å². The molecule has 0 fully saturated rings. The van der Waals surface area contributed by atoms with E-state index in [9.17, 15) is 18.0 Å². The molecular weight excluding hydrogens is 356 g/mol. The maximum absolute atomic E-state index is 12.3. The maximum Gasteiger partial charge on any atom is 0.316 e. The molecule has 2 aromatic carbocycles. The molecule has 0 saturated heterocycles. The van der Waals surface area contributed by atoms with Gasteiger partial charge in [-0.25, -0.2) is 13.6 Å². The second-order valence-electron chi connectivity index (χ2n) is 6.19. The molecule has 138 valence electrons. The van der Waals surface area contributed by atoms with Crippen LogP contribution in [0.2, 0.25) is 0 Å². The summed E-state index contributed by atoms with van der Waals surface area (Å²) in [6.45, 7) is 2.92. The molecule has 0 aliphatic carbocycles. The molecule has 0 heterocycles. The Balaban J connectivity index is 1.98. The van der Waals surface area contributed by atoms with Gasteiger partial charge in [-0.3, -0.25) is 9.59 Å². The van der Waals surface area contributed by atoms with Gasteiger partial charge in [0.1, 0.15) is 0 Å². The lowest BCUT2D eigenvalue weighted by atomic mass is 9.85. The van der Waals surface area contributed by atoms with Gasteiger partial charge in [0.25, 0.3) is 5.91 Å². The van der Waals surface area contributed by atoms with E-state index in [0.29, 0.717) is 0 Å². The van der Waals surface area contributed by atoms with Crippen molar-refractivity contribution >= 4 is 27.6 Å². The third-order valence-corrected chi connectivity index (χ3v) is 4.70.